The Morgan fingerprint density at radius 1 is 1.24 bits per heavy atom. The number of carbonyl (C=O) groups is 2. The molecular formula is C25H31FN4O4. The Bertz CT molecular complexity index is 1150. The van der Waals surface area contributed by atoms with Crippen LogP contribution in [-0.4, -0.2) is 71.1 Å². The van der Waals surface area contributed by atoms with E-state index < -0.39 is 23.8 Å². The second-order valence-electron chi connectivity index (χ2n) is 9.37. The minimum absolute atomic E-state index is 0.276. The minimum atomic E-state index is -0.802. The van der Waals surface area contributed by atoms with E-state index in [1.54, 1.807) is 28.8 Å². The summed E-state index contributed by atoms with van der Waals surface area (Å²) >= 11 is 0. The van der Waals surface area contributed by atoms with Crippen LogP contribution in [0.1, 0.15) is 25.1 Å². The lowest BCUT2D eigenvalue weighted by Gasteiger charge is -2.30. The van der Waals surface area contributed by atoms with Crippen LogP contribution in [-0.2, 0) is 16.1 Å². The lowest BCUT2D eigenvalue weighted by atomic mass is 9.88. The number of fused-ring (bicyclic) bond motifs is 3. The van der Waals surface area contributed by atoms with E-state index in [4.69, 9.17) is 0 Å². The van der Waals surface area contributed by atoms with E-state index in [-0.39, 0.29) is 36.4 Å². The average molecular weight is 471 g/mol. The maximum absolute atomic E-state index is 13.7. The number of nitrogens with one attached hydrogen (secondary N) is 1. The molecule has 0 unspecified atom stereocenters. The molecule has 0 aliphatic carbocycles. The zero-order valence-electron chi connectivity index (χ0n) is 19.7. The van der Waals surface area contributed by atoms with E-state index >= 15 is 0 Å². The molecule has 8 nitrogen and oxygen atoms in total. The van der Waals surface area contributed by atoms with Gasteiger partial charge in [0.05, 0.1) is 6.04 Å². The standard InChI is InChI=1S/C25H31FN4O4/c1-15(32)30-22-19(20(14-31)23(30)24(33)27-10-5-11-28(2)3)13-29-21(22)9-8-18(25(29)34)16-6-4-7-17(26)12-16/h4,6-9,12,19-20,22-23,31H,5,10-11,13-14H2,1-3H3,(H,27,33)/t19-,20-,22+,23-/m0/s1. The number of aliphatic hydroxyl groups is 1. The Labute approximate surface area is 198 Å². The van der Waals surface area contributed by atoms with Crippen LogP contribution < -0.4 is 10.9 Å². The van der Waals surface area contributed by atoms with E-state index in [1.807, 2.05) is 19.0 Å². The van der Waals surface area contributed by atoms with Gasteiger partial charge in [-0.1, -0.05) is 12.1 Å². The molecule has 2 aromatic rings. The van der Waals surface area contributed by atoms with Gasteiger partial charge in [0.25, 0.3) is 5.56 Å². The van der Waals surface area contributed by atoms with E-state index in [0.717, 1.165) is 13.0 Å². The van der Waals surface area contributed by atoms with Gasteiger partial charge in [0.2, 0.25) is 11.8 Å². The number of benzene rings is 1. The smallest absolute Gasteiger partial charge is 0.258 e. The van der Waals surface area contributed by atoms with Crippen LogP contribution in [0.3, 0.4) is 0 Å². The van der Waals surface area contributed by atoms with E-state index in [9.17, 15) is 23.9 Å². The van der Waals surface area contributed by atoms with Gasteiger partial charge < -0.3 is 24.8 Å². The van der Waals surface area contributed by atoms with E-state index in [1.165, 1.54) is 24.0 Å². The third kappa shape index (κ3) is 4.25. The summed E-state index contributed by atoms with van der Waals surface area (Å²) in [6, 6.07) is 8.00. The van der Waals surface area contributed by atoms with Crippen molar-refractivity contribution in [3.63, 3.8) is 0 Å². The lowest BCUT2D eigenvalue weighted by molar-refractivity contribution is -0.140. The number of halogens is 1. The average Bonchev–Trinajstić information content (AvgIpc) is 3.31. The number of rotatable bonds is 7. The predicted molar refractivity (Wildman–Crippen MR) is 125 cm³/mol. The highest BCUT2D eigenvalue weighted by Gasteiger charge is 2.56. The topological polar surface area (TPSA) is 94.9 Å². The molecule has 4 atom stereocenters. The van der Waals surface area contributed by atoms with Crippen LogP contribution >= 0.6 is 0 Å². The molecule has 9 heteroatoms. The molecule has 0 bridgehead atoms. The van der Waals surface area contributed by atoms with Gasteiger partial charge in [0, 0.05) is 49.7 Å². The molecule has 1 saturated heterocycles. The van der Waals surface area contributed by atoms with Gasteiger partial charge in [0.1, 0.15) is 11.9 Å². The summed E-state index contributed by atoms with van der Waals surface area (Å²) in [7, 11) is 3.91. The third-order valence-corrected chi connectivity index (χ3v) is 6.92. The first-order chi connectivity index (χ1) is 16.2. The summed E-state index contributed by atoms with van der Waals surface area (Å²) in [4.78, 5) is 42.7. The molecule has 4 rings (SSSR count). The number of hydrogen-bond acceptors (Lipinski definition) is 5. The molecule has 0 radical (unpaired) electrons. The second-order valence-corrected chi connectivity index (χ2v) is 9.37. The van der Waals surface area contributed by atoms with Crippen LogP contribution in [0, 0.1) is 17.7 Å². The van der Waals surface area contributed by atoms with Crippen molar-refractivity contribution in [1.29, 1.82) is 0 Å². The van der Waals surface area contributed by atoms with Gasteiger partial charge >= 0.3 is 0 Å². The van der Waals surface area contributed by atoms with Crippen molar-refractivity contribution in [2.24, 2.45) is 11.8 Å². The molecule has 1 aromatic carbocycles. The highest BCUT2D eigenvalue weighted by molar-refractivity contribution is 5.88. The van der Waals surface area contributed by atoms with Gasteiger partial charge in [-0.05, 0) is 56.9 Å². The van der Waals surface area contributed by atoms with Crippen LogP contribution in [0.25, 0.3) is 11.1 Å². The Hall–Kier alpha value is -3.04. The van der Waals surface area contributed by atoms with Crippen molar-refractivity contribution in [1.82, 2.24) is 19.7 Å². The summed E-state index contributed by atoms with van der Waals surface area (Å²) in [5.41, 5.74) is 1.21. The number of likely N-dealkylation sites (tertiary alicyclic amines) is 1. The molecule has 1 aromatic heterocycles. The number of pyridine rings is 1. The molecule has 3 heterocycles. The lowest BCUT2D eigenvalue weighted by Crippen LogP contribution is -2.50. The SMILES string of the molecule is CC(=O)N1[C@H](C(=O)NCCCN(C)C)[C@@H](CO)[C@@H]2Cn3c(ccc(-c4cccc(F)c4)c3=O)[C@@H]21. The van der Waals surface area contributed by atoms with Gasteiger partial charge in [-0.15, -0.1) is 0 Å². The number of amides is 2. The van der Waals surface area contributed by atoms with Crippen molar-refractivity contribution >= 4 is 11.8 Å². The molecular weight excluding hydrogens is 439 g/mol. The van der Waals surface area contributed by atoms with Crippen molar-refractivity contribution in [2.45, 2.75) is 32.0 Å². The van der Waals surface area contributed by atoms with E-state index in [0.29, 0.717) is 23.4 Å². The van der Waals surface area contributed by atoms with Crippen LogP contribution in [0.15, 0.2) is 41.2 Å². The first kappa shape index (κ1) is 24.1. The molecule has 0 saturated carbocycles. The zero-order valence-corrected chi connectivity index (χ0v) is 19.7. The Kier molecular flexibility index (Phi) is 6.86. The summed E-state index contributed by atoms with van der Waals surface area (Å²) in [6.45, 7) is 2.70. The maximum atomic E-state index is 13.7. The predicted octanol–water partition coefficient (Wildman–Crippen LogP) is 1.23. The first-order valence-electron chi connectivity index (χ1n) is 11.6. The quantitative estimate of drug-likeness (QED) is 0.594. The summed E-state index contributed by atoms with van der Waals surface area (Å²) < 4.78 is 15.3. The molecule has 2 N–H and O–H groups in total. The highest BCUT2D eigenvalue weighted by atomic mass is 19.1. The molecule has 2 aliphatic heterocycles. The molecule has 34 heavy (non-hydrogen) atoms. The minimum Gasteiger partial charge on any atom is -0.396 e. The number of aliphatic hydroxyl groups excluding tert-OH is 1. The second kappa shape index (κ2) is 9.68. The number of aromatic nitrogens is 1. The molecule has 2 amide bonds. The van der Waals surface area contributed by atoms with Crippen molar-refractivity contribution < 1.29 is 19.1 Å². The third-order valence-electron chi connectivity index (χ3n) is 6.92. The van der Waals surface area contributed by atoms with Gasteiger partial charge in [-0.2, -0.15) is 0 Å². The zero-order chi connectivity index (χ0) is 24.6. The largest absolute Gasteiger partial charge is 0.396 e. The van der Waals surface area contributed by atoms with E-state index in [2.05, 4.69) is 5.32 Å². The molecule has 1 fully saturated rings. The van der Waals surface area contributed by atoms with Crippen LogP contribution in [0.5, 0.6) is 0 Å². The highest BCUT2D eigenvalue weighted by Crippen LogP contribution is 2.49. The van der Waals surface area contributed by atoms with Crippen LogP contribution in [0.2, 0.25) is 0 Å². The van der Waals surface area contributed by atoms with Gasteiger partial charge in [0.15, 0.2) is 0 Å². The number of nitrogens with zero attached hydrogens (tertiary/aromatic N) is 3. The Morgan fingerprint density at radius 2 is 2.00 bits per heavy atom. The number of carbonyl (C=O) groups excluding carboxylic acids is 2. The summed E-state index contributed by atoms with van der Waals surface area (Å²) in [5.74, 6) is -1.77. The molecule has 0 spiro atoms. The first-order valence-corrected chi connectivity index (χ1v) is 11.6. The van der Waals surface area contributed by atoms with Crippen molar-refractivity contribution in [3.8, 4) is 11.1 Å². The van der Waals surface area contributed by atoms with Gasteiger partial charge in [-0.25, -0.2) is 4.39 Å². The van der Waals surface area contributed by atoms with Crippen molar-refractivity contribution in [2.75, 3.05) is 33.8 Å². The summed E-state index contributed by atoms with van der Waals surface area (Å²) in [6.07, 6.45) is 0.767. The summed E-state index contributed by atoms with van der Waals surface area (Å²) in [5, 5.41) is 13.1. The maximum Gasteiger partial charge on any atom is 0.258 e. The number of hydrogen-bond donors (Lipinski definition) is 2. The van der Waals surface area contributed by atoms with Gasteiger partial charge in [-0.3, -0.25) is 14.4 Å². The fourth-order valence-electron chi connectivity index (χ4n) is 5.44. The monoisotopic (exact) mass is 470 g/mol. The Balaban J connectivity index is 1.66. The molecule has 182 valence electrons. The van der Waals surface area contributed by atoms with Crippen molar-refractivity contribution in [3.05, 3.63) is 58.3 Å². The molecule has 2 aliphatic rings. The normalized spacial score (nSPS) is 23.2. The fourth-order valence-corrected chi connectivity index (χ4v) is 5.44. The van der Waals surface area contributed by atoms with Crippen LogP contribution in [0.4, 0.5) is 4.39 Å². The fraction of sp³-hybridized carbons (Fsp3) is 0.480. The Morgan fingerprint density at radius 3 is 2.65 bits per heavy atom.